The molecule has 0 unspecified atom stereocenters. The van der Waals surface area contributed by atoms with Crippen molar-refractivity contribution in [3.8, 4) is 0 Å². The Hall–Kier alpha value is -3.13. The Morgan fingerprint density at radius 3 is 2.77 bits per heavy atom. The Bertz CT molecular complexity index is 1330. The van der Waals surface area contributed by atoms with Crippen LogP contribution in [0.15, 0.2) is 58.5 Å². The minimum atomic E-state index is -0.0782. The van der Waals surface area contributed by atoms with Crippen LogP contribution in [0.2, 0.25) is 0 Å². The number of amides is 1. The van der Waals surface area contributed by atoms with E-state index < -0.39 is 0 Å². The number of benzene rings is 2. The van der Waals surface area contributed by atoms with Crippen LogP contribution in [0, 0.1) is 0 Å². The number of carbonyl (C=O) groups excluding carboxylic acids is 1. The standard InChI is InChI=1S/C22H21N5O2S/c1-2-25-20(29)16-10-4-6-12-18(16)27-21(25)23-24-22(27)30-14-19(28)26-13-7-9-15-8-3-5-11-17(15)26/h3-6,8,10-12H,2,7,9,13-14H2,1H3. The molecule has 0 aliphatic carbocycles. The molecule has 1 aliphatic rings. The highest BCUT2D eigenvalue weighted by molar-refractivity contribution is 7.99. The van der Waals surface area contributed by atoms with Crippen LogP contribution in [0.5, 0.6) is 0 Å². The quantitative estimate of drug-likeness (QED) is 0.475. The number of para-hydroxylation sites is 2. The first-order chi connectivity index (χ1) is 14.7. The maximum absolute atomic E-state index is 13.0. The summed E-state index contributed by atoms with van der Waals surface area (Å²) in [6.07, 6.45) is 1.97. The van der Waals surface area contributed by atoms with Gasteiger partial charge in [0.2, 0.25) is 11.7 Å². The van der Waals surface area contributed by atoms with Crippen molar-refractivity contribution < 1.29 is 4.79 Å². The van der Waals surface area contributed by atoms with Crippen molar-refractivity contribution in [2.24, 2.45) is 0 Å². The zero-order chi connectivity index (χ0) is 20.7. The summed E-state index contributed by atoms with van der Waals surface area (Å²) < 4.78 is 3.49. The lowest BCUT2D eigenvalue weighted by atomic mass is 10.0. The predicted octanol–water partition coefficient (Wildman–Crippen LogP) is 3.14. The van der Waals surface area contributed by atoms with Gasteiger partial charge in [-0.1, -0.05) is 42.1 Å². The van der Waals surface area contributed by atoms with E-state index in [2.05, 4.69) is 16.3 Å². The fraction of sp³-hybridized carbons (Fsp3) is 0.273. The Balaban J connectivity index is 1.49. The summed E-state index contributed by atoms with van der Waals surface area (Å²) in [5.74, 6) is 0.811. The number of aromatic nitrogens is 4. The number of fused-ring (bicyclic) bond motifs is 4. The number of anilines is 1. The molecular weight excluding hydrogens is 398 g/mol. The van der Waals surface area contributed by atoms with Crippen molar-refractivity contribution in [2.45, 2.75) is 31.5 Å². The molecule has 7 nitrogen and oxygen atoms in total. The number of carbonyl (C=O) groups is 1. The van der Waals surface area contributed by atoms with E-state index >= 15 is 0 Å². The molecule has 3 heterocycles. The monoisotopic (exact) mass is 419 g/mol. The van der Waals surface area contributed by atoms with Crippen LogP contribution in [-0.2, 0) is 17.8 Å². The van der Waals surface area contributed by atoms with Crippen molar-refractivity contribution >= 4 is 40.0 Å². The summed E-state index contributed by atoms with van der Waals surface area (Å²) in [5.41, 5.74) is 2.90. The third kappa shape index (κ3) is 2.99. The zero-order valence-corrected chi connectivity index (χ0v) is 17.4. The minimum absolute atomic E-state index is 0.0528. The molecule has 0 saturated carbocycles. The summed E-state index contributed by atoms with van der Waals surface area (Å²) in [6, 6.07) is 15.5. The van der Waals surface area contributed by atoms with Crippen molar-refractivity contribution in [3.05, 3.63) is 64.4 Å². The first kappa shape index (κ1) is 18.9. The summed E-state index contributed by atoms with van der Waals surface area (Å²) in [4.78, 5) is 27.7. The second-order valence-corrected chi connectivity index (χ2v) is 8.19. The first-order valence-electron chi connectivity index (χ1n) is 10.1. The van der Waals surface area contributed by atoms with Gasteiger partial charge in [-0.05, 0) is 43.5 Å². The normalized spacial score (nSPS) is 13.7. The molecule has 1 aliphatic heterocycles. The van der Waals surface area contributed by atoms with Crippen molar-refractivity contribution in [1.82, 2.24) is 19.2 Å². The molecule has 152 valence electrons. The lowest BCUT2D eigenvalue weighted by Gasteiger charge is -2.29. The van der Waals surface area contributed by atoms with Crippen molar-refractivity contribution in [3.63, 3.8) is 0 Å². The van der Waals surface area contributed by atoms with E-state index in [0.717, 1.165) is 30.6 Å². The lowest BCUT2D eigenvalue weighted by Crippen LogP contribution is -2.36. The third-order valence-electron chi connectivity index (χ3n) is 5.53. The third-order valence-corrected chi connectivity index (χ3v) is 6.44. The zero-order valence-electron chi connectivity index (χ0n) is 16.6. The molecule has 1 amide bonds. The average molecular weight is 420 g/mol. The lowest BCUT2D eigenvalue weighted by molar-refractivity contribution is -0.116. The molecular formula is C22H21N5O2S. The van der Waals surface area contributed by atoms with Crippen molar-refractivity contribution in [1.29, 1.82) is 0 Å². The summed E-state index contributed by atoms with van der Waals surface area (Å²) in [5, 5.41) is 9.79. The molecule has 0 radical (unpaired) electrons. The Labute approximate surface area is 177 Å². The molecule has 0 saturated heterocycles. The van der Waals surface area contributed by atoms with Gasteiger partial charge in [-0.2, -0.15) is 0 Å². The van der Waals surface area contributed by atoms with E-state index in [-0.39, 0.29) is 17.2 Å². The van der Waals surface area contributed by atoms with Crippen LogP contribution < -0.4 is 10.5 Å². The van der Waals surface area contributed by atoms with Gasteiger partial charge in [0.15, 0.2) is 5.16 Å². The first-order valence-corrected chi connectivity index (χ1v) is 11.1. The second-order valence-electron chi connectivity index (χ2n) is 7.25. The second kappa shape index (κ2) is 7.60. The van der Waals surface area contributed by atoms with E-state index in [1.165, 1.54) is 17.3 Å². The molecule has 30 heavy (non-hydrogen) atoms. The Morgan fingerprint density at radius 1 is 1.10 bits per heavy atom. The van der Waals surface area contributed by atoms with Gasteiger partial charge < -0.3 is 4.90 Å². The maximum atomic E-state index is 13.0. The van der Waals surface area contributed by atoms with Gasteiger partial charge in [0.05, 0.1) is 16.7 Å². The van der Waals surface area contributed by atoms with E-state index in [9.17, 15) is 9.59 Å². The highest BCUT2D eigenvalue weighted by atomic mass is 32.2. The topological polar surface area (TPSA) is 72.5 Å². The molecule has 8 heteroatoms. The van der Waals surface area contributed by atoms with Gasteiger partial charge in [0.25, 0.3) is 5.56 Å². The van der Waals surface area contributed by atoms with Crippen LogP contribution in [0.4, 0.5) is 5.69 Å². The van der Waals surface area contributed by atoms with Gasteiger partial charge in [-0.15, -0.1) is 10.2 Å². The molecule has 0 bridgehead atoms. The molecule has 0 N–H and O–H groups in total. The van der Waals surface area contributed by atoms with Gasteiger partial charge in [0.1, 0.15) is 0 Å². The molecule has 2 aromatic carbocycles. The van der Waals surface area contributed by atoms with Gasteiger partial charge >= 0.3 is 0 Å². The Kier molecular flexibility index (Phi) is 4.78. The van der Waals surface area contributed by atoms with Crippen LogP contribution in [-0.4, -0.2) is 37.4 Å². The van der Waals surface area contributed by atoms with E-state index in [0.29, 0.717) is 22.9 Å². The van der Waals surface area contributed by atoms with Crippen LogP contribution >= 0.6 is 11.8 Å². The summed E-state index contributed by atoms with van der Waals surface area (Å²) in [7, 11) is 0. The summed E-state index contributed by atoms with van der Waals surface area (Å²) in [6.45, 7) is 3.14. The van der Waals surface area contributed by atoms with E-state index in [1.54, 1.807) is 4.57 Å². The largest absolute Gasteiger partial charge is 0.311 e. The molecule has 5 rings (SSSR count). The number of hydrogen-bond acceptors (Lipinski definition) is 5. The molecule has 4 aromatic rings. The molecule has 2 aromatic heterocycles. The van der Waals surface area contributed by atoms with Gasteiger partial charge in [-0.3, -0.25) is 18.6 Å². The van der Waals surface area contributed by atoms with Crippen molar-refractivity contribution in [2.75, 3.05) is 17.2 Å². The highest BCUT2D eigenvalue weighted by Crippen LogP contribution is 2.28. The number of aryl methyl sites for hydroxylation is 2. The number of thioether (sulfide) groups is 1. The van der Waals surface area contributed by atoms with E-state index in [1.807, 2.05) is 58.7 Å². The number of rotatable bonds is 4. The molecule has 0 fully saturated rings. The van der Waals surface area contributed by atoms with Gasteiger partial charge in [-0.25, -0.2) is 0 Å². The maximum Gasteiger partial charge on any atom is 0.262 e. The van der Waals surface area contributed by atoms with Crippen LogP contribution in [0.1, 0.15) is 18.9 Å². The van der Waals surface area contributed by atoms with Crippen LogP contribution in [0.3, 0.4) is 0 Å². The summed E-state index contributed by atoms with van der Waals surface area (Å²) >= 11 is 1.36. The van der Waals surface area contributed by atoms with E-state index in [4.69, 9.17) is 0 Å². The highest BCUT2D eigenvalue weighted by Gasteiger charge is 2.23. The fourth-order valence-corrected chi connectivity index (χ4v) is 4.93. The van der Waals surface area contributed by atoms with Crippen LogP contribution in [0.25, 0.3) is 16.7 Å². The van der Waals surface area contributed by atoms with Gasteiger partial charge in [0, 0.05) is 18.8 Å². The molecule has 0 spiro atoms. The minimum Gasteiger partial charge on any atom is -0.311 e. The predicted molar refractivity (Wildman–Crippen MR) is 118 cm³/mol. The number of hydrogen-bond donors (Lipinski definition) is 0. The fourth-order valence-electron chi connectivity index (χ4n) is 4.11. The smallest absolute Gasteiger partial charge is 0.262 e. The average Bonchev–Trinajstić information content (AvgIpc) is 3.21. The Morgan fingerprint density at radius 2 is 1.90 bits per heavy atom. The number of nitrogens with zero attached hydrogens (tertiary/aromatic N) is 5. The SMILES string of the molecule is CCn1c(=O)c2ccccc2n2c(SCC(=O)N3CCCc4ccccc43)nnc12. The molecule has 0 atom stereocenters.